The van der Waals surface area contributed by atoms with E-state index in [1.54, 1.807) is 19.2 Å². The molecular weight excluding hydrogens is 258 g/mol. The molecule has 0 saturated carbocycles. The SMILES string of the molecule is COc1ccc(C(=O)N(C)CC(=O)NC(C)C)cc1N. The lowest BCUT2D eigenvalue weighted by molar-refractivity contribution is -0.122. The second-order valence-corrected chi connectivity index (χ2v) is 4.84. The molecule has 20 heavy (non-hydrogen) atoms. The minimum Gasteiger partial charge on any atom is -0.495 e. The Hall–Kier alpha value is -2.24. The van der Waals surface area contributed by atoms with Gasteiger partial charge in [0.05, 0.1) is 19.3 Å². The smallest absolute Gasteiger partial charge is 0.254 e. The van der Waals surface area contributed by atoms with E-state index in [2.05, 4.69) is 5.32 Å². The Kier molecular flexibility index (Phi) is 5.37. The van der Waals surface area contributed by atoms with Crippen molar-refractivity contribution in [2.45, 2.75) is 19.9 Å². The largest absolute Gasteiger partial charge is 0.495 e. The average Bonchev–Trinajstić information content (AvgIpc) is 2.36. The fraction of sp³-hybridized carbons (Fsp3) is 0.429. The number of benzene rings is 1. The molecule has 1 aromatic carbocycles. The van der Waals surface area contributed by atoms with Gasteiger partial charge in [0.1, 0.15) is 5.75 Å². The zero-order valence-corrected chi connectivity index (χ0v) is 12.3. The van der Waals surface area contributed by atoms with Gasteiger partial charge < -0.3 is 20.7 Å². The van der Waals surface area contributed by atoms with Gasteiger partial charge >= 0.3 is 0 Å². The van der Waals surface area contributed by atoms with Gasteiger partial charge in [0.2, 0.25) is 5.91 Å². The first-order valence-corrected chi connectivity index (χ1v) is 6.33. The number of rotatable bonds is 5. The highest BCUT2D eigenvalue weighted by atomic mass is 16.5. The number of anilines is 1. The van der Waals surface area contributed by atoms with Gasteiger partial charge in [-0.1, -0.05) is 0 Å². The number of nitrogens with one attached hydrogen (secondary N) is 1. The van der Waals surface area contributed by atoms with Crippen LogP contribution in [0.5, 0.6) is 5.75 Å². The molecular formula is C14H21N3O3. The number of ether oxygens (including phenoxy) is 1. The van der Waals surface area contributed by atoms with E-state index in [1.807, 2.05) is 13.8 Å². The van der Waals surface area contributed by atoms with E-state index < -0.39 is 0 Å². The number of nitrogens with zero attached hydrogens (tertiary/aromatic N) is 1. The van der Waals surface area contributed by atoms with E-state index in [0.29, 0.717) is 17.0 Å². The number of amides is 2. The highest BCUT2D eigenvalue weighted by molar-refractivity contribution is 5.97. The Morgan fingerprint density at radius 3 is 2.55 bits per heavy atom. The van der Waals surface area contributed by atoms with Crippen LogP contribution in [0.1, 0.15) is 24.2 Å². The van der Waals surface area contributed by atoms with Gasteiger partial charge in [0.15, 0.2) is 0 Å². The monoisotopic (exact) mass is 279 g/mol. The van der Waals surface area contributed by atoms with Crippen molar-refractivity contribution in [3.63, 3.8) is 0 Å². The Morgan fingerprint density at radius 2 is 2.05 bits per heavy atom. The number of nitrogen functional groups attached to an aromatic ring is 1. The fourth-order valence-electron chi connectivity index (χ4n) is 1.74. The minimum absolute atomic E-state index is 0.00292. The van der Waals surface area contributed by atoms with Crippen LogP contribution in [0.25, 0.3) is 0 Å². The molecule has 0 bridgehead atoms. The summed E-state index contributed by atoms with van der Waals surface area (Å²) in [5.41, 5.74) is 6.57. The summed E-state index contributed by atoms with van der Waals surface area (Å²) in [6, 6.07) is 4.83. The normalized spacial score (nSPS) is 10.2. The Bertz CT molecular complexity index is 500. The number of carbonyl (C=O) groups excluding carboxylic acids is 2. The van der Waals surface area contributed by atoms with Crippen molar-refractivity contribution in [2.75, 3.05) is 26.4 Å². The van der Waals surface area contributed by atoms with Crippen LogP contribution >= 0.6 is 0 Å². The summed E-state index contributed by atoms with van der Waals surface area (Å²) < 4.78 is 5.03. The number of carbonyl (C=O) groups is 2. The third-order valence-corrected chi connectivity index (χ3v) is 2.65. The van der Waals surface area contributed by atoms with Crippen molar-refractivity contribution in [1.29, 1.82) is 0 Å². The van der Waals surface area contributed by atoms with Gasteiger partial charge in [-0.05, 0) is 32.0 Å². The lowest BCUT2D eigenvalue weighted by Gasteiger charge is -2.18. The molecule has 0 atom stereocenters. The summed E-state index contributed by atoms with van der Waals surface area (Å²) >= 11 is 0. The standard InChI is InChI=1S/C14H21N3O3/c1-9(2)16-13(18)8-17(3)14(19)10-5-6-12(20-4)11(15)7-10/h5-7,9H,8,15H2,1-4H3,(H,16,18). The van der Waals surface area contributed by atoms with Crippen LogP contribution in [0, 0.1) is 0 Å². The molecule has 1 rings (SSSR count). The lowest BCUT2D eigenvalue weighted by Crippen LogP contribution is -2.40. The first kappa shape index (κ1) is 15.8. The molecule has 0 aliphatic rings. The Labute approximate surface area is 118 Å². The van der Waals surface area contributed by atoms with Crippen LogP contribution in [-0.4, -0.2) is 43.5 Å². The van der Waals surface area contributed by atoms with Crippen LogP contribution in [-0.2, 0) is 4.79 Å². The Morgan fingerprint density at radius 1 is 1.40 bits per heavy atom. The second-order valence-electron chi connectivity index (χ2n) is 4.84. The molecule has 0 radical (unpaired) electrons. The predicted octanol–water partition coefficient (Wildman–Crippen LogP) is 0.874. The molecule has 0 fully saturated rings. The summed E-state index contributed by atoms with van der Waals surface area (Å²) in [6.07, 6.45) is 0. The highest BCUT2D eigenvalue weighted by Crippen LogP contribution is 2.22. The number of hydrogen-bond donors (Lipinski definition) is 2. The minimum atomic E-state index is -0.266. The number of hydrogen-bond acceptors (Lipinski definition) is 4. The maximum atomic E-state index is 12.2. The molecule has 1 aromatic rings. The lowest BCUT2D eigenvalue weighted by atomic mass is 10.1. The highest BCUT2D eigenvalue weighted by Gasteiger charge is 2.16. The first-order chi connectivity index (χ1) is 9.35. The molecule has 0 heterocycles. The van der Waals surface area contributed by atoms with Crippen LogP contribution in [0.15, 0.2) is 18.2 Å². The molecule has 0 spiro atoms. The van der Waals surface area contributed by atoms with Crippen molar-refractivity contribution in [1.82, 2.24) is 10.2 Å². The predicted molar refractivity (Wildman–Crippen MR) is 77.6 cm³/mol. The number of likely N-dealkylation sites (N-methyl/N-ethyl adjacent to an activating group) is 1. The molecule has 6 nitrogen and oxygen atoms in total. The van der Waals surface area contributed by atoms with Crippen molar-refractivity contribution in [3.05, 3.63) is 23.8 Å². The molecule has 110 valence electrons. The van der Waals surface area contributed by atoms with Gasteiger partial charge in [0, 0.05) is 18.7 Å². The van der Waals surface area contributed by atoms with Gasteiger partial charge in [0.25, 0.3) is 5.91 Å². The van der Waals surface area contributed by atoms with E-state index in [1.165, 1.54) is 18.1 Å². The molecule has 6 heteroatoms. The average molecular weight is 279 g/mol. The maximum Gasteiger partial charge on any atom is 0.254 e. The molecule has 0 unspecified atom stereocenters. The summed E-state index contributed by atoms with van der Waals surface area (Å²) in [6.45, 7) is 3.73. The number of methoxy groups -OCH3 is 1. The zero-order chi connectivity index (χ0) is 15.3. The molecule has 0 saturated heterocycles. The zero-order valence-electron chi connectivity index (χ0n) is 12.3. The maximum absolute atomic E-state index is 12.2. The van der Waals surface area contributed by atoms with E-state index in [4.69, 9.17) is 10.5 Å². The first-order valence-electron chi connectivity index (χ1n) is 6.33. The number of nitrogens with two attached hydrogens (primary N) is 1. The van der Waals surface area contributed by atoms with E-state index >= 15 is 0 Å². The summed E-state index contributed by atoms with van der Waals surface area (Å²) in [4.78, 5) is 25.1. The van der Waals surface area contributed by atoms with Crippen molar-refractivity contribution < 1.29 is 14.3 Å². The summed E-state index contributed by atoms with van der Waals surface area (Å²) in [5.74, 6) is 0.0531. The van der Waals surface area contributed by atoms with Crippen molar-refractivity contribution in [3.8, 4) is 5.75 Å². The van der Waals surface area contributed by atoms with E-state index in [0.717, 1.165) is 0 Å². The Balaban J connectivity index is 2.74. The van der Waals surface area contributed by atoms with Crippen molar-refractivity contribution in [2.24, 2.45) is 0 Å². The van der Waals surface area contributed by atoms with Gasteiger partial charge in [-0.25, -0.2) is 0 Å². The van der Waals surface area contributed by atoms with Gasteiger partial charge in [-0.2, -0.15) is 0 Å². The third kappa shape index (κ3) is 4.15. The van der Waals surface area contributed by atoms with Crippen molar-refractivity contribution >= 4 is 17.5 Å². The summed E-state index contributed by atoms with van der Waals surface area (Å²) in [5, 5.41) is 2.73. The van der Waals surface area contributed by atoms with Crippen LogP contribution < -0.4 is 15.8 Å². The van der Waals surface area contributed by atoms with E-state index in [9.17, 15) is 9.59 Å². The molecule has 3 N–H and O–H groups in total. The quantitative estimate of drug-likeness (QED) is 0.783. The topological polar surface area (TPSA) is 84.7 Å². The second kappa shape index (κ2) is 6.79. The summed E-state index contributed by atoms with van der Waals surface area (Å²) in [7, 11) is 3.08. The molecule has 0 aliphatic heterocycles. The third-order valence-electron chi connectivity index (χ3n) is 2.65. The van der Waals surface area contributed by atoms with Crippen LogP contribution in [0.3, 0.4) is 0 Å². The van der Waals surface area contributed by atoms with Gasteiger partial charge in [-0.3, -0.25) is 9.59 Å². The fourth-order valence-corrected chi connectivity index (χ4v) is 1.74. The molecule has 2 amide bonds. The van der Waals surface area contributed by atoms with Crippen LogP contribution in [0.2, 0.25) is 0 Å². The van der Waals surface area contributed by atoms with Gasteiger partial charge in [-0.15, -0.1) is 0 Å². The van der Waals surface area contributed by atoms with E-state index in [-0.39, 0.29) is 24.4 Å². The van der Waals surface area contributed by atoms with Crippen LogP contribution in [0.4, 0.5) is 5.69 Å². The molecule has 0 aliphatic carbocycles. The molecule has 0 aromatic heterocycles.